The van der Waals surface area contributed by atoms with Gasteiger partial charge in [-0.15, -0.1) is 5.10 Å². The molecular weight excluding hydrogens is 226 g/mol. The summed E-state index contributed by atoms with van der Waals surface area (Å²) in [6.07, 6.45) is 8.39. The average Bonchev–Trinajstić information content (AvgIpc) is 2.82. The van der Waals surface area contributed by atoms with Crippen molar-refractivity contribution in [2.24, 2.45) is 12.8 Å². The zero-order valence-corrected chi connectivity index (χ0v) is 11.6. The minimum absolute atomic E-state index is 0.185. The zero-order valence-electron chi connectivity index (χ0n) is 11.6. The van der Waals surface area contributed by atoms with Crippen LogP contribution in [0.15, 0.2) is 6.20 Å². The molecule has 0 bridgehead atoms. The van der Waals surface area contributed by atoms with Crippen molar-refractivity contribution in [1.29, 1.82) is 0 Å². The molecule has 1 saturated carbocycles. The predicted molar refractivity (Wildman–Crippen MR) is 72.0 cm³/mol. The Morgan fingerprint density at radius 2 is 2.11 bits per heavy atom. The standard InChI is InChI=1S/C13H25N5/c1-3-18(10-12-9-17(2)16-15-12)13(11-14)7-5-4-6-8-13/h9H,3-8,10-11,14H2,1-2H3. The summed E-state index contributed by atoms with van der Waals surface area (Å²) in [5.74, 6) is 0. The molecule has 2 N–H and O–H groups in total. The highest BCUT2D eigenvalue weighted by Crippen LogP contribution is 2.33. The number of aromatic nitrogens is 3. The number of nitrogens with zero attached hydrogens (tertiary/aromatic N) is 4. The predicted octanol–water partition coefficient (Wildman–Crippen LogP) is 1.30. The van der Waals surface area contributed by atoms with E-state index in [1.54, 1.807) is 4.68 Å². The van der Waals surface area contributed by atoms with Crippen LogP contribution in [0.1, 0.15) is 44.7 Å². The summed E-state index contributed by atoms with van der Waals surface area (Å²) in [6, 6.07) is 0. The Kier molecular flexibility index (Phi) is 4.35. The molecule has 1 fully saturated rings. The molecule has 0 unspecified atom stereocenters. The van der Waals surface area contributed by atoms with Crippen molar-refractivity contribution in [3.8, 4) is 0 Å². The van der Waals surface area contributed by atoms with Crippen LogP contribution < -0.4 is 5.73 Å². The number of rotatable bonds is 5. The van der Waals surface area contributed by atoms with E-state index in [1.807, 2.05) is 13.2 Å². The van der Waals surface area contributed by atoms with Gasteiger partial charge in [0.25, 0.3) is 0 Å². The maximum atomic E-state index is 6.09. The van der Waals surface area contributed by atoms with Crippen LogP contribution in [0, 0.1) is 0 Å². The Balaban J connectivity index is 2.10. The quantitative estimate of drug-likeness (QED) is 0.857. The van der Waals surface area contributed by atoms with Crippen LogP contribution in [0.25, 0.3) is 0 Å². The monoisotopic (exact) mass is 251 g/mol. The Morgan fingerprint density at radius 1 is 1.39 bits per heavy atom. The van der Waals surface area contributed by atoms with Gasteiger partial charge in [-0.3, -0.25) is 9.58 Å². The van der Waals surface area contributed by atoms with E-state index in [0.29, 0.717) is 0 Å². The van der Waals surface area contributed by atoms with Gasteiger partial charge in [0.15, 0.2) is 0 Å². The maximum absolute atomic E-state index is 6.09. The van der Waals surface area contributed by atoms with Gasteiger partial charge in [0.1, 0.15) is 0 Å². The van der Waals surface area contributed by atoms with Gasteiger partial charge in [-0.1, -0.05) is 31.4 Å². The lowest BCUT2D eigenvalue weighted by Gasteiger charge is -2.45. The third kappa shape index (κ3) is 2.72. The lowest BCUT2D eigenvalue weighted by Crippen LogP contribution is -2.54. The summed E-state index contributed by atoms with van der Waals surface area (Å²) in [5.41, 5.74) is 7.32. The van der Waals surface area contributed by atoms with E-state index in [1.165, 1.54) is 32.1 Å². The first-order chi connectivity index (χ1) is 8.70. The SMILES string of the molecule is CCN(Cc1cn(C)nn1)C1(CN)CCCCC1. The second kappa shape index (κ2) is 5.80. The molecular formula is C13H25N5. The third-order valence-electron chi connectivity index (χ3n) is 4.22. The Hall–Kier alpha value is -0.940. The first kappa shape index (κ1) is 13.5. The Morgan fingerprint density at radius 3 is 2.61 bits per heavy atom. The maximum Gasteiger partial charge on any atom is 0.0967 e. The van der Waals surface area contributed by atoms with E-state index in [9.17, 15) is 0 Å². The van der Waals surface area contributed by atoms with Crippen molar-refractivity contribution in [3.05, 3.63) is 11.9 Å². The van der Waals surface area contributed by atoms with Gasteiger partial charge >= 0.3 is 0 Å². The van der Waals surface area contributed by atoms with Gasteiger partial charge in [-0.25, -0.2) is 0 Å². The minimum atomic E-state index is 0.185. The van der Waals surface area contributed by atoms with Crippen LogP contribution in [0.5, 0.6) is 0 Å². The van der Waals surface area contributed by atoms with Crippen LogP contribution in [-0.2, 0) is 13.6 Å². The van der Waals surface area contributed by atoms with Crippen molar-refractivity contribution in [1.82, 2.24) is 19.9 Å². The summed E-state index contributed by atoms with van der Waals surface area (Å²) < 4.78 is 1.76. The van der Waals surface area contributed by atoms with Crippen molar-refractivity contribution in [3.63, 3.8) is 0 Å². The molecule has 1 aromatic heterocycles. The zero-order chi connectivity index (χ0) is 13.0. The molecule has 0 aromatic carbocycles. The molecule has 1 aliphatic carbocycles. The van der Waals surface area contributed by atoms with E-state index < -0.39 is 0 Å². The van der Waals surface area contributed by atoms with Crippen LogP contribution >= 0.6 is 0 Å². The molecule has 0 atom stereocenters. The van der Waals surface area contributed by atoms with E-state index in [4.69, 9.17) is 5.73 Å². The number of hydrogen-bond acceptors (Lipinski definition) is 4. The molecule has 2 rings (SSSR count). The van der Waals surface area contributed by atoms with E-state index >= 15 is 0 Å². The third-order valence-corrected chi connectivity index (χ3v) is 4.22. The number of likely N-dealkylation sites (N-methyl/N-ethyl adjacent to an activating group) is 1. The highest BCUT2D eigenvalue weighted by molar-refractivity contribution is 4.99. The van der Waals surface area contributed by atoms with Gasteiger partial charge in [0.05, 0.1) is 5.69 Å². The molecule has 0 saturated heterocycles. The molecule has 0 amide bonds. The first-order valence-electron chi connectivity index (χ1n) is 7.00. The highest BCUT2D eigenvalue weighted by Gasteiger charge is 2.36. The van der Waals surface area contributed by atoms with Gasteiger partial charge in [0.2, 0.25) is 0 Å². The smallest absolute Gasteiger partial charge is 0.0967 e. The fourth-order valence-electron chi connectivity index (χ4n) is 3.14. The van der Waals surface area contributed by atoms with Crippen molar-refractivity contribution in [2.75, 3.05) is 13.1 Å². The van der Waals surface area contributed by atoms with Gasteiger partial charge in [-0.05, 0) is 19.4 Å². The molecule has 0 spiro atoms. The van der Waals surface area contributed by atoms with E-state index in [2.05, 4.69) is 22.1 Å². The molecule has 0 radical (unpaired) electrons. The molecule has 102 valence electrons. The van der Waals surface area contributed by atoms with Crippen LogP contribution in [0.4, 0.5) is 0 Å². The normalized spacial score (nSPS) is 19.3. The average molecular weight is 251 g/mol. The van der Waals surface area contributed by atoms with Crippen molar-refractivity contribution < 1.29 is 0 Å². The summed E-state index contributed by atoms with van der Waals surface area (Å²) in [5, 5.41) is 8.20. The fourth-order valence-corrected chi connectivity index (χ4v) is 3.14. The topological polar surface area (TPSA) is 60.0 Å². The number of nitrogens with two attached hydrogens (primary N) is 1. The minimum Gasteiger partial charge on any atom is -0.329 e. The first-order valence-corrected chi connectivity index (χ1v) is 7.00. The molecule has 5 nitrogen and oxygen atoms in total. The second-order valence-corrected chi connectivity index (χ2v) is 5.39. The van der Waals surface area contributed by atoms with Crippen LogP contribution in [-0.4, -0.2) is 38.5 Å². The van der Waals surface area contributed by atoms with Crippen LogP contribution in [0.3, 0.4) is 0 Å². The number of hydrogen-bond donors (Lipinski definition) is 1. The Labute approximate surface area is 109 Å². The lowest BCUT2D eigenvalue weighted by atomic mass is 9.80. The molecule has 5 heteroatoms. The van der Waals surface area contributed by atoms with Gasteiger partial charge < -0.3 is 5.73 Å². The largest absolute Gasteiger partial charge is 0.329 e. The molecule has 18 heavy (non-hydrogen) atoms. The summed E-state index contributed by atoms with van der Waals surface area (Å²) in [7, 11) is 1.91. The molecule has 0 aliphatic heterocycles. The van der Waals surface area contributed by atoms with Gasteiger partial charge in [-0.2, -0.15) is 0 Å². The fraction of sp³-hybridized carbons (Fsp3) is 0.846. The lowest BCUT2D eigenvalue weighted by molar-refractivity contribution is 0.0535. The summed E-state index contributed by atoms with van der Waals surface area (Å²) in [6.45, 7) is 4.85. The number of aryl methyl sites for hydroxylation is 1. The molecule has 1 aliphatic rings. The van der Waals surface area contributed by atoms with Crippen molar-refractivity contribution in [2.45, 2.75) is 51.1 Å². The second-order valence-electron chi connectivity index (χ2n) is 5.39. The Bertz CT molecular complexity index is 367. The highest BCUT2D eigenvalue weighted by atomic mass is 15.4. The summed E-state index contributed by atoms with van der Waals surface area (Å²) in [4.78, 5) is 2.50. The summed E-state index contributed by atoms with van der Waals surface area (Å²) >= 11 is 0. The molecule has 1 heterocycles. The van der Waals surface area contributed by atoms with E-state index in [-0.39, 0.29) is 5.54 Å². The van der Waals surface area contributed by atoms with Gasteiger partial charge in [0, 0.05) is 31.9 Å². The molecule has 1 aromatic rings. The van der Waals surface area contributed by atoms with E-state index in [0.717, 1.165) is 25.3 Å². The van der Waals surface area contributed by atoms with Crippen molar-refractivity contribution >= 4 is 0 Å². The van der Waals surface area contributed by atoms with Crippen LogP contribution in [0.2, 0.25) is 0 Å².